The number of nitrogens with zero attached hydrogens (tertiary/aromatic N) is 2. The molecule has 0 saturated heterocycles. The number of fused-ring (bicyclic) bond motifs is 5. The average molecular weight is 399 g/mol. The smallest absolute Gasteiger partial charge is 0.258 e. The maximum absolute atomic E-state index is 12.9. The third-order valence-corrected chi connectivity index (χ3v) is 5.41. The van der Waals surface area contributed by atoms with Crippen molar-refractivity contribution in [1.82, 2.24) is 14.4 Å². The highest BCUT2D eigenvalue weighted by Crippen LogP contribution is 2.39. The molecule has 8 heteroatoms. The molecule has 0 unspecified atom stereocenters. The predicted molar refractivity (Wildman–Crippen MR) is 105 cm³/mol. The van der Waals surface area contributed by atoms with Crippen LogP contribution in [0.15, 0.2) is 47.3 Å². The molecule has 0 saturated carbocycles. The molecule has 1 aliphatic heterocycles. The Kier molecular flexibility index (Phi) is 3.54. The lowest BCUT2D eigenvalue weighted by Gasteiger charge is -2.26. The number of imidazole rings is 1. The number of hydrogen-bond donors (Lipinski definition) is 2. The molecular formula is C19H12Cl2N4O2. The van der Waals surface area contributed by atoms with E-state index in [1.165, 1.54) is 0 Å². The Labute approximate surface area is 162 Å². The number of carbonyl (C=O) groups is 1. The number of H-pyrrole nitrogens is 1. The Bertz CT molecular complexity index is 1310. The number of nitrogens with one attached hydrogen (secondary N) is 2. The van der Waals surface area contributed by atoms with Crippen LogP contribution in [0.25, 0.3) is 16.8 Å². The first-order chi connectivity index (χ1) is 13.0. The van der Waals surface area contributed by atoms with Crippen molar-refractivity contribution in [2.75, 3.05) is 5.32 Å². The molecular weight excluding hydrogens is 387 g/mol. The number of benzene rings is 2. The fourth-order valence-corrected chi connectivity index (χ4v) is 4.24. The standard InChI is InChI=1S/C19H12Cl2N4O2/c20-9-5-6-10(12(21)7-9)11-8-15(26)23-17-16(11)18(27)24-19-22-13-3-1-2-4-14(13)25(17)19/h1-7,11H,8H2,(H,23,26)(H,22,24,27)/t11-/m0/s1. The normalized spacial score (nSPS) is 16.5. The lowest BCUT2D eigenvalue weighted by molar-refractivity contribution is -0.116. The van der Waals surface area contributed by atoms with E-state index in [1.54, 1.807) is 22.6 Å². The molecule has 1 atom stereocenters. The van der Waals surface area contributed by atoms with Gasteiger partial charge in [-0.1, -0.05) is 41.4 Å². The van der Waals surface area contributed by atoms with Crippen molar-refractivity contribution in [3.05, 3.63) is 74.0 Å². The largest absolute Gasteiger partial charge is 0.311 e. The number of aromatic nitrogens is 3. The summed E-state index contributed by atoms with van der Waals surface area (Å²) in [7, 11) is 0. The fraction of sp³-hybridized carbons (Fsp3) is 0.105. The molecule has 5 rings (SSSR count). The predicted octanol–water partition coefficient (Wildman–Crippen LogP) is 3.96. The van der Waals surface area contributed by atoms with Gasteiger partial charge >= 0.3 is 0 Å². The Hall–Kier alpha value is -2.83. The molecule has 3 heterocycles. The summed E-state index contributed by atoms with van der Waals surface area (Å²) >= 11 is 12.4. The molecule has 0 bridgehead atoms. The first-order valence-corrected chi connectivity index (χ1v) is 9.06. The van der Waals surface area contributed by atoms with Gasteiger partial charge in [0, 0.05) is 22.4 Å². The zero-order valence-electron chi connectivity index (χ0n) is 13.8. The Balaban J connectivity index is 1.86. The molecule has 1 amide bonds. The van der Waals surface area contributed by atoms with E-state index in [0.29, 0.717) is 32.8 Å². The quantitative estimate of drug-likeness (QED) is 0.509. The molecule has 6 nitrogen and oxygen atoms in total. The van der Waals surface area contributed by atoms with Crippen molar-refractivity contribution >= 4 is 51.7 Å². The first kappa shape index (κ1) is 16.4. The van der Waals surface area contributed by atoms with Crippen molar-refractivity contribution in [3.63, 3.8) is 0 Å². The van der Waals surface area contributed by atoms with E-state index in [2.05, 4.69) is 15.3 Å². The highest BCUT2D eigenvalue weighted by atomic mass is 35.5. The number of anilines is 1. The van der Waals surface area contributed by atoms with E-state index in [-0.39, 0.29) is 17.9 Å². The van der Waals surface area contributed by atoms with Crippen LogP contribution >= 0.6 is 23.2 Å². The van der Waals surface area contributed by atoms with Crippen LogP contribution in [0.1, 0.15) is 23.5 Å². The van der Waals surface area contributed by atoms with Gasteiger partial charge in [0.05, 0.1) is 16.6 Å². The monoisotopic (exact) mass is 398 g/mol. The highest BCUT2D eigenvalue weighted by molar-refractivity contribution is 6.35. The summed E-state index contributed by atoms with van der Waals surface area (Å²) in [6.07, 6.45) is 0.121. The Morgan fingerprint density at radius 3 is 2.74 bits per heavy atom. The van der Waals surface area contributed by atoms with E-state index in [1.807, 2.05) is 24.3 Å². The third-order valence-electron chi connectivity index (χ3n) is 4.84. The van der Waals surface area contributed by atoms with Crippen molar-refractivity contribution in [3.8, 4) is 0 Å². The highest BCUT2D eigenvalue weighted by Gasteiger charge is 2.33. The minimum absolute atomic E-state index is 0.121. The van der Waals surface area contributed by atoms with E-state index in [0.717, 1.165) is 11.0 Å². The molecule has 0 aliphatic carbocycles. The maximum Gasteiger partial charge on any atom is 0.258 e. The molecule has 1 aliphatic rings. The number of carbonyl (C=O) groups excluding carboxylic acids is 1. The zero-order valence-corrected chi connectivity index (χ0v) is 15.3. The van der Waals surface area contributed by atoms with Gasteiger partial charge < -0.3 is 5.32 Å². The number of para-hydroxylation sites is 2. The van der Waals surface area contributed by atoms with Crippen molar-refractivity contribution in [2.24, 2.45) is 0 Å². The second-order valence-electron chi connectivity index (χ2n) is 6.45. The van der Waals surface area contributed by atoms with Crippen molar-refractivity contribution in [2.45, 2.75) is 12.3 Å². The topological polar surface area (TPSA) is 79.3 Å². The van der Waals surface area contributed by atoms with Gasteiger partial charge in [-0.15, -0.1) is 0 Å². The van der Waals surface area contributed by atoms with Gasteiger partial charge in [0.25, 0.3) is 5.56 Å². The molecule has 134 valence electrons. The SMILES string of the molecule is O=C1C[C@@H](c2ccc(Cl)cc2Cl)c2c(n3c(nc4ccccc43)[nH]c2=O)N1. The van der Waals surface area contributed by atoms with E-state index < -0.39 is 5.92 Å². The second kappa shape index (κ2) is 5.84. The summed E-state index contributed by atoms with van der Waals surface area (Å²) in [5.74, 6) is 0.133. The van der Waals surface area contributed by atoms with Crippen LogP contribution < -0.4 is 10.9 Å². The van der Waals surface area contributed by atoms with Gasteiger partial charge in [0.2, 0.25) is 11.7 Å². The number of aromatic amines is 1. The Morgan fingerprint density at radius 1 is 1.11 bits per heavy atom. The van der Waals surface area contributed by atoms with Crippen LogP contribution in [0.2, 0.25) is 10.0 Å². The summed E-state index contributed by atoms with van der Waals surface area (Å²) in [5, 5.41) is 3.76. The number of amides is 1. The van der Waals surface area contributed by atoms with E-state index >= 15 is 0 Å². The van der Waals surface area contributed by atoms with Crippen LogP contribution in [0.5, 0.6) is 0 Å². The van der Waals surface area contributed by atoms with Gasteiger partial charge in [0.1, 0.15) is 5.82 Å². The maximum atomic E-state index is 12.9. The summed E-state index contributed by atoms with van der Waals surface area (Å²) in [5.41, 5.74) is 2.36. The van der Waals surface area contributed by atoms with Crippen LogP contribution in [0.4, 0.5) is 5.82 Å². The molecule has 0 radical (unpaired) electrons. The van der Waals surface area contributed by atoms with Crippen molar-refractivity contribution in [1.29, 1.82) is 0 Å². The summed E-state index contributed by atoms with van der Waals surface area (Å²) in [6.45, 7) is 0. The lowest BCUT2D eigenvalue weighted by Crippen LogP contribution is -2.32. The van der Waals surface area contributed by atoms with Crippen LogP contribution in [-0.4, -0.2) is 20.3 Å². The van der Waals surface area contributed by atoms with Crippen LogP contribution in [-0.2, 0) is 4.79 Å². The molecule has 4 aromatic rings. The van der Waals surface area contributed by atoms with Crippen molar-refractivity contribution < 1.29 is 4.79 Å². The van der Waals surface area contributed by atoms with Gasteiger partial charge in [0.15, 0.2) is 0 Å². The Morgan fingerprint density at radius 2 is 1.93 bits per heavy atom. The number of halogens is 2. The summed E-state index contributed by atoms with van der Waals surface area (Å²) in [6, 6.07) is 12.6. The minimum Gasteiger partial charge on any atom is -0.311 e. The lowest BCUT2D eigenvalue weighted by atomic mass is 9.86. The fourth-order valence-electron chi connectivity index (χ4n) is 3.70. The van der Waals surface area contributed by atoms with Gasteiger partial charge in [-0.2, -0.15) is 0 Å². The zero-order chi connectivity index (χ0) is 18.7. The van der Waals surface area contributed by atoms with Crippen LogP contribution in [0.3, 0.4) is 0 Å². The van der Waals surface area contributed by atoms with Gasteiger partial charge in [-0.05, 0) is 29.8 Å². The van der Waals surface area contributed by atoms with E-state index in [9.17, 15) is 9.59 Å². The molecule has 0 spiro atoms. The minimum atomic E-state index is -0.479. The molecule has 2 N–H and O–H groups in total. The number of rotatable bonds is 1. The van der Waals surface area contributed by atoms with Gasteiger partial charge in [-0.25, -0.2) is 4.98 Å². The summed E-state index contributed by atoms with van der Waals surface area (Å²) < 4.78 is 1.76. The second-order valence-corrected chi connectivity index (χ2v) is 7.29. The first-order valence-electron chi connectivity index (χ1n) is 8.31. The van der Waals surface area contributed by atoms with E-state index in [4.69, 9.17) is 23.2 Å². The molecule has 2 aromatic heterocycles. The third kappa shape index (κ3) is 2.44. The van der Waals surface area contributed by atoms with Crippen LogP contribution in [0, 0.1) is 0 Å². The van der Waals surface area contributed by atoms with Gasteiger partial charge in [-0.3, -0.25) is 19.0 Å². The summed E-state index contributed by atoms with van der Waals surface area (Å²) in [4.78, 5) is 32.6. The molecule has 2 aromatic carbocycles. The molecule has 27 heavy (non-hydrogen) atoms. The molecule has 0 fully saturated rings. The average Bonchev–Trinajstić information content (AvgIpc) is 2.99. The number of hydrogen-bond acceptors (Lipinski definition) is 3.